The van der Waals surface area contributed by atoms with Crippen LogP contribution in [0.25, 0.3) is 0 Å². The Hall–Kier alpha value is -0.580. The molecule has 19 heavy (non-hydrogen) atoms. The lowest BCUT2D eigenvalue weighted by molar-refractivity contribution is 0.105. The Morgan fingerprint density at radius 2 is 2.00 bits per heavy atom. The summed E-state index contributed by atoms with van der Waals surface area (Å²) in [6.45, 7) is 4.18. The van der Waals surface area contributed by atoms with Crippen molar-refractivity contribution in [3.63, 3.8) is 0 Å². The van der Waals surface area contributed by atoms with Crippen LogP contribution in [0, 0.1) is 11.8 Å². The van der Waals surface area contributed by atoms with Crippen molar-refractivity contribution in [3.05, 3.63) is 28.7 Å². The Balaban J connectivity index is 1.58. The first-order chi connectivity index (χ1) is 9.15. The van der Waals surface area contributed by atoms with E-state index in [-0.39, 0.29) is 0 Å². The summed E-state index contributed by atoms with van der Waals surface area (Å²) in [5.41, 5.74) is 0. The van der Waals surface area contributed by atoms with Crippen molar-refractivity contribution in [2.24, 2.45) is 11.8 Å². The number of aliphatic hydroxyl groups excluding tert-OH is 1. The maximum absolute atomic E-state index is 9.84. The van der Waals surface area contributed by atoms with Gasteiger partial charge in [0.15, 0.2) is 0 Å². The molecule has 0 heterocycles. The maximum atomic E-state index is 9.84. The van der Waals surface area contributed by atoms with Crippen LogP contribution in [-0.4, -0.2) is 30.9 Å². The monoisotopic (exact) mass is 327 g/mol. The van der Waals surface area contributed by atoms with Crippen LogP contribution < -0.4 is 10.1 Å². The molecule has 1 aromatic rings. The van der Waals surface area contributed by atoms with Crippen LogP contribution in [0.15, 0.2) is 28.7 Å². The summed E-state index contributed by atoms with van der Waals surface area (Å²) in [4.78, 5) is 0. The smallest absolute Gasteiger partial charge is 0.119 e. The second kappa shape index (κ2) is 7.27. The van der Waals surface area contributed by atoms with E-state index in [0.29, 0.717) is 13.2 Å². The zero-order valence-corrected chi connectivity index (χ0v) is 12.9. The van der Waals surface area contributed by atoms with Gasteiger partial charge in [-0.3, -0.25) is 0 Å². The maximum Gasteiger partial charge on any atom is 0.119 e. The first-order valence-electron chi connectivity index (χ1n) is 6.92. The number of hydrogen-bond acceptors (Lipinski definition) is 3. The minimum Gasteiger partial charge on any atom is -0.491 e. The standard InChI is InChI=1S/C15H22BrNO2/c1-11(12-2-3-12)8-17-9-14(18)10-19-15-6-4-13(16)5-7-15/h4-7,11-12,14,17-18H,2-3,8-10H2,1H3. The van der Waals surface area contributed by atoms with Gasteiger partial charge in [-0.1, -0.05) is 22.9 Å². The average Bonchev–Trinajstić information content (AvgIpc) is 3.22. The Kier molecular flexibility index (Phi) is 5.67. The highest BCUT2D eigenvalue weighted by molar-refractivity contribution is 9.10. The largest absolute Gasteiger partial charge is 0.491 e. The third-order valence-corrected chi connectivity index (χ3v) is 4.06. The molecule has 2 N–H and O–H groups in total. The van der Waals surface area contributed by atoms with E-state index in [1.807, 2.05) is 24.3 Å². The van der Waals surface area contributed by atoms with E-state index in [4.69, 9.17) is 4.74 Å². The fourth-order valence-corrected chi connectivity index (χ4v) is 2.36. The molecule has 2 unspecified atom stereocenters. The molecular formula is C15H22BrNO2. The molecule has 106 valence electrons. The summed E-state index contributed by atoms with van der Waals surface area (Å²) in [7, 11) is 0. The topological polar surface area (TPSA) is 41.5 Å². The Labute approximate surface area is 123 Å². The highest BCUT2D eigenvalue weighted by Crippen LogP contribution is 2.35. The van der Waals surface area contributed by atoms with Crippen LogP contribution in [0.2, 0.25) is 0 Å². The molecule has 0 saturated heterocycles. The molecule has 1 aliphatic carbocycles. The van der Waals surface area contributed by atoms with E-state index >= 15 is 0 Å². The predicted octanol–water partition coefficient (Wildman–Crippen LogP) is 2.82. The Morgan fingerprint density at radius 3 is 2.63 bits per heavy atom. The van der Waals surface area contributed by atoms with Crippen molar-refractivity contribution >= 4 is 15.9 Å². The lowest BCUT2D eigenvalue weighted by Gasteiger charge is -2.15. The van der Waals surface area contributed by atoms with Crippen LogP contribution >= 0.6 is 15.9 Å². The van der Waals surface area contributed by atoms with E-state index in [1.165, 1.54) is 12.8 Å². The zero-order chi connectivity index (χ0) is 13.7. The molecular weight excluding hydrogens is 306 g/mol. The second-order valence-corrected chi connectivity index (χ2v) is 6.31. The molecule has 0 aromatic heterocycles. The summed E-state index contributed by atoms with van der Waals surface area (Å²) in [5.74, 6) is 2.41. The average molecular weight is 328 g/mol. The number of ether oxygens (including phenoxy) is 1. The number of halogens is 1. The Bertz CT molecular complexity index is 378. The second-order valence-electron chi connectivity index (χ2n) is 5.39. The number of rotatable bonds is 8. The van der Waals surface area contributed by atoms with Gasteiger partial charge in [0.1, 0.15) is 18.5 Å². The van der Waals surface area contributed by atoms with E-state index in [1.54, 1.807) is 0 Å². The first kappa shape index (κ1) is 14.8. The van der Waals surface area contributed by atoms with Crippen LogP contribution in [0.3, 0.4) is 0 Å². The van der Waals surface area contributed by atoms with Crippen molar-refractivity contribution < 1.29 is 9.84 Å². The number of hydrogen-bond donors (Lipinski definition) is 2. The van der Waals surface area contributed by atoms with Gasteiger partial charge in [-0.2, -0.15) is 0 Å². The van der Waals surface area contributed by atoms with E-state index < -0.39 is 6.10 Å². The minimum atomic E-state index is -0.463. The molecule has 1 aromatic carbocycles. The lowest BCUT2D eigenvalue weighted by atomic mass is 10.1. The van der Waals surface area contributed by atoms with Gasteiger partial charge in [-0.05, 0) is 55.5 Å². The van der Waals surface area contributed by atoms with Gasteiger partial charge in [-0.15, -0.1) is 0 Å². The van der Waals surface area contributed by atoms with Crippen molar-refractivity contribution in [3.8, 4) is 5.75 Å². The van der Waals surface area contributed by atoms with Crippen LogP contribution in [0.5, 0.6) is 5.75 Å². The fraction of sp³-hybridized carbons (Fsp3) is 0.600. The summed E-state index contributed by atoms with van der Waals surface area (Å²) in [6, 6.07) is 7.63. The molecule has 0 bridgehead atoms. The quantitative estimate of drug-likeness (QED) is 0.771. The van der Waals surface area contributed by atoms with Crippen molar-refractivity contribution in [2.75, 3.05) is 19.7 Å². The molecule has 0 aliphatic heterocycles. The molecule has 4 heteroatoms. The van der Waals surface area contributed by atoms with Gasteiger partial charge in [0, 0.05) is 11.0 Å². The molecule has 0 spiro atoms. The van der Waals surface area contributed by atoms with Crippen LogP contribution in [0.4, 0.5) is 0 Å². The molecule has 1 fully saturated rings. The van der Waals surface area contributed by atoms with Gasteiger partial charge in [0.2, 0.25) is 0 Å². The highest BCUT2D eigenvalue weighted by atomic mass is 79.9. The lowest BCUT2D eigenvalue weighted by Crippen LogP contribution is -2.34. The van der Waals surface area contributed by atoms with E-state index in [0.717, 1.165) is 28.6 Å². The van der Waals surface area contributed by atoms with Gasteiger partial charge >= 0.3 is 0 Å². The normalized spacial score (nSPS) is 18.1. The van der Waals surface area contributed by atoms with Crippen LogP contribution in [0.1, 0.15) is 19.8 Å². The molecule has 2 rings (SSSR count). The molecule has 0 radical (unpaired) electrons. The highest BCUT2D eigenvalue weighted by Gasteiger charge is 2.27. The van der Waals surface area contributed by atoms with E-state index in [9.17, 15) is 5.11 Å². The fourth-order valence-electron chi connectivity index (χ4n) is 2.09. The summed E-state index contributed by atoms with van der Waals surface area (Å²) >= 11 is 3.37. The SMILES string of the molecule is CC(CNCC(O)COc1ccc(Br)cc1)C1CC1. The summed E-state index contributed by atoms with van der Waals surface area (Å²) < 4.78 is 6.55. The number of nitrogens with one attached hydrogen (secondary N) is 1. The van der Waals surface area contributed by atoms with Gasteiger partial charge in [0.05, 0.1) is 0 Å². The summed E-state index contributed by atoms with van der Waals surface area (Å²) in [5, 5.41) is 13.1. The molecule has 1 aliphatic rings. The predicted molar refractivity (Wildman–Crippen MR) is 80.4 cm³/mol. The molecule has 3 nitrogen and oxygen atoms in total. The Morgan fingerprint density at radius 1 is 1.32 bits per heavy atom. The third-order valence-electron chi connectivity index (χ3n) is 3.53. The van der Waals surface area contributed by atoms with Gasteiger partial charge < -0.3 is 15.2 Å². The van der Waals surface area contributed by atoms with Gasteiger partial charge in [0.25, 0.3) is 0 Å². The molecule has 0 amide bonds. The van der Waals surface area contributed by atoms with Crippen LogP contribution in [-0.2, 0) is 0 Å². The molecule has 2 atom stereocenters. The van der Waals surface area contributed by atoms with Gasteiger partial charge in [-0.25, -0.2) is 0 Å². The number of benzene rings is 1. The van der Waals surface area contributed by atoms with Crippen molar-refractivity contribution in [1.29, 1.82) is 0 Å². The van der Waals surface area contributed by atoms with Crippen molar-refractivity contribution in [1.82, 2.24) is 5.32 Å². The third kappa shape index (κ3) is 5.51. The minimum absolute atomic E-state index is 0.326. The van der Waals surface area contributed by atoms with E-state index in [2.05, 4.69) is 28.2 Å². The number of aliphatic hydroxyl groups is 1. The molecule has 1 saturated carbocycles. The summed E-state index contributed by atoms with van der Waals surface area (Å²) in [6.07, 6.45) is 2.28. The zero-order valence-electron chi connectivity index (χ0n) is 11.3. The van der Waals surface area contributed by atoms with Crippen molar-refractivity contribution in [2.45, 2.75) is 25.9 Å². The first-order valence-corrected chi connectivity index (χ1v) is 7.71.